The number of hydrogen-bond acceptors (Lipinski definition) is 2. The molecule has 2 rings (SSSR count). The Morgan fingerprint density at radius 2 is 1.75 bits per heavy atom. The van der Waals surface area contributed by atoms with Crippen LogP contribution in [-0.2, 0) is 4.74 Å². The molecular weight excluding hydrogens is 198 g/mol. The van der Waals surface area contributed by atoms with E-state index in [4.69, 9.17) is 10.5 Å². The summed E-state index contributed by atoms with van der Waals surface area (Å²) in [6.07, 6.45) is 12.4. The lowest BCUT2D eigenvalue weighted by atomic mass is 9.88. The molecule has 2 saturated carbocycles. The van der Waals surface area contributed by atoms with Crippen LogP contribution in [0.1, 0.15) is 64.7 Å². The second-order valence-corrected chi connectivity index (χ2v) is 5.87. The molecule has 0 aromatic heterocycles. The van der Waals surface area contributed by atoms with Gasteiger partial charge in [0.1, 0.15) is 0 Å². The Bertz CT molecular complexity index is 207. The highest BCUT2D eigenvalue weighted by molar-refractivity contribution is 4.80. The third kappa shape index (κ3) is 3.46. The Kier molecular flexibility index (Phi) is 4.66. The highest BCUT2D eigenvalue weighted by Gasteiger charge is 2.26. The largest absolute Gasteiger partial charge is 0.373 e. The lowest BCUT2D eigenvalue weighted by Gasteiger charge is -2.32. The van der Waals surface area contributed by atoms with E-state index < -0.39 is 0 Å². The summed E-state index contributed by atoms with van der Waals surface area (Å²) in [4.78, 5) is 0. The zero-order valence-electron chi connectivity index (χ0n) is 10.7. The van der Waals surface area contributed by atoms with Crippen molar-refractivity contribution in [1.82, 2.24) is 0 Å². The first-order valence-corrected chi connectivity index (χ1v) is 7.16. The maximum atomic E-state index is 6.27. The van der Waals surface area contributed by atoms with E-state index in [-0.39, 0.29) is 0 Å². The first-order chi connectivity index (χ1) is 7.75. The van der Waals surface area contributed by atoms with Crippen LogP contribution in [0.25, 0.3) is 0 Å². The molecule has 16 heavy (non-hydrogen) atoms. The summed E-state index contributed by atoms with van der Waals surface area (Å²) in [6.45, 7) is 2.35. The van der Waals surface area contributed by atoms with Crippen molar-refractivity contribution in [3.63, 3.8) is 0 Å². The molecule has 4 atom stereocenters. The molecule has 0 aromatic rings. The lowest BCUT2D eigenvalue weighted by Crippen LogP contribution is -2.39. The molecule has 94 valence electrons. The van der Waals surface area contributed by atoms with E-state index in [1.807, 2.05) is 0 Å². The Hall–Kier alpha value is -0.0800. The van der Waals surface area contributed by atoms with Gasteiger partial charge in [-0.2, -0.15) is 0 Å². The van der Waals surface area contributed by atoms with Gasteiger partial charge < -0.3 is 10.5 Å². The smallest absolute Gasteiger partial charge is 0.0729 e. The zero-order valence-corrected chi connectivity index (χ0v) is 10.7. The third-order valence-electron chi connectivity index (χ3n) is 4.26. The van der Waals surface area contributed by atoms with Gasteiger partial charge in [0.15, 0.2) is 0 Å². The van der Waals surface area contributed by atoms with Crippen molar-refractivity contribution in [3.8, 4) is 0 Å². The van der Waals surface area contributed by atoms with Gasteiger partial charge >= 0.3 is 0 Å². The van der Waals surface area contributed by atoms with E-state index in [0.29, 0.717) is 18.2 Å². The van der Waals surface area contributed by atoms with Crippen LogP contribution in [-0.4, -0.2) is 18.2 Å². The fraction of sp³-hybridized carbons (Fsp3) is 1.00. The van der Waals surface area contributed by atoms with Crippen LogP contribution >= 0.6 is 0 Å². The SMILES string of the molecule is CC1CCCC(OC2CCCCCC2N)C1. The highest BCUT2D eigenvalue weighted by atomic mass is 16.5. The Morgan fingerprint density at radius 1 is 0.938 bits per heavy atom. The number of hydrogen-bond donors (Lipinski definition) is 1. The average Bonchev–Trinajstić information content (AvgIpc) is 2.45. The molecule has 0 radical (unpaired) electrons. The number of ether oxygens (including phenoxy) is 1. The fourth-order valence-corrected chi connectivity index (χ4v) is 3.22. The van der Waals surface area contributed by atoms with Crippen molar-refractivity contribution in [2.24, 2.45) is 11.7 Å². The number of rotatable bonds is 2. The van der Waals surface area contributed by atoms with E-state index in [2.05, 4.69) is 6.92 Å². The standard InChI is InChI=1S/C14H27NO/c1-11-6-5-7-12(10-11)16-14-9-4-2-3-8-13(14)15/h11-14H,2-10,15H2,1H3. The summed E-state index contributed by atoms with van der Waals surface area (Å²) in [5.74, 6) is 0.848. The van der Waals surface area contributed by atoms with Crippen molar-refractivity contribution < 1.29 is 4.74 Å². The molecule has 0 amide bonds. The Labute approximate surface area is 99.9 Å². The van der Waals surface area contributed by atoms with E-state index >= 15 is 0 Å². The molecule has 0 aromatic carbocycles. The van der Waals surface area contributed by atoms with Gasteiger partial charge in [0.05, 0.1) is 12.2 Å². The number of nitrogens with two attached hydrogens (primary N) is 1. The van der Waals surface area contributed by atoms with Gasteiger partial charge in [-0.15, -0.1) is 0 Å². The quantitative estimate of drug-likeness (QED) is 0.732. The zero-order chi connectivity index (χ0) is 11.4. The molecule has 0 saturated heterocycles. The van der Waals surface area contributed by atoms with Crippen molar-refractivity contribution >= 4 is 0 Å². The summed E-state index contributed by atoms with van der Waals surface area (Å²) in [6, 6.07) is 0.291. The minimum absolute atomic E-state index is 0.291. The molecule has 2 fully saturated rings. The summed E-state index contributed by atoms with van der Waals surface area (Å²) in [5, 5.41) is 0. The molecule has 2 aliphatic rings. The summed E-state index contributed by atoms with van der Waals surface area (Å²) in [5.41, 5.74) is 6.21. The first-order valence-electron chi connectivity index (χ1n) is 7.16. The summed E-state index contributed by atoms with van der Waals surface area (Å²) in [7, 11) is 0. The first kappa shape index (κ1) is 12.4. The predicted molar refractivity (Wildman–Crippen MR) is 67.4 cm³/mol. The van der Waals surface area contributed by atoms with Crippen molar-refractivity contribution in [2.45, 2.75) is 83.0 Å². The van der Waals surface area contributed by atoms with Crippen LogP contribution in [0.5, 0.6) is 0 Å². The van der Waals surface area contributed by atoms with Gasteiger partial charge in [0.25, 0.3) is 0 Å². The van der Waals surface area contributed by atoms with Crippen LogP contribution in [0, 0.1) is 5.92 Å². The van der Waals surface area contributed by atoms with Crippen molar-refractivity contribution in [3.05, 3.63) is 0 Å². The van der Waals surface area contributed by atoms with Crippen LogP contribution in [0.3, 0.4) is 0 Å². The maximum absolute atomic E-state index is 6.27. The summed E-state index contributed by atoms with van der Waals surface area (Å²) < 4.78 is 6.27. The second kappa shape index (κ2) is 6.02. The monoisotopic (exact) mass is 225 g/mol. The molecule has 2 nitrogen and oxygen atoms in total. The van der Waals surface area contributed by atoms with Gasteiger partial charge in [-0.25, -0.2) is 0 Å². The molecule has 2 N–H and O–H groups in total. The van der Waals surface area contributed by atoms with E-state index in [9.17, 15) is 0 Å². The Morgan fingerprint density at radius 3 is 2.56 bits per heavy atom. The van der Waals surface area contributed by atoms with E-state index in [1.165, 1.54) is 51.4 Å². The lowest BCUT2D eigenvalue weighted by molar-refractivity contribution is -0.0516. The highest BCUT2D eigenvalue weighted by Crippen LogP contribution is 2.29. The third-order valence-corrected chi connectivity index (χ3v) is 4.26. The van der Waals surface area contributed by atoms with Gasteiger partial charge in [-0.05, 0) is 31.6 Å². The van der Waals surface area contributed by atoms with Gasteiger partial charge in [-0.1, -0.05) is 39.0 Å². The minimum atomic E-state index is 0.291. The fourth-order valence-electron chi connectivity index (χ4n) is 3.22. The van der Waals surface area contributed by atoms with Crippen LogP contribution < -0.4 is 5.73 Å². The molecule has 4 unspecified atom stereocenters. The van der Waals surface area contributed by atoms with Crippen molar-refractivity contribution in [2.75, 3.05) is 0 Å². The predicted octanol–water partition coefficient (Wildman–Crippen LogP) is 3.24. The second-order valence-electron chi connectivity index (χ2n) is 5.87. The normalized spacial score (nSPS) is 41.6. The maximum Gasteiger partial charge on any atom is 0.0729 e. The van der Waals surface area contributed by atoms with Crippen molar-refractivity contribution in [1.29, 1.82) is 0 Å². The molecular formula is C14H27NO. The topological polar surface area (TPSA) is 35.2 Å². The Balaban J connectivity index is 1.82. The molecule has 0 spiro atoms. The molecule has 0 bridgehead atoms. The van der Waals surface area contributed by atoms with Crippen LogP contribution in [0.2, 0.25) is 0 Å². The molecule has 0 heterocycles. The van der Waals surface area contributed by atoms with Gasteiger partial charge in [0, 0.05) is 6.04 Å². The average molecular weight is 225 g/mol. The van der Waals surface area contributed by atoms with E-state index in [1.54, 1.807) is 0 Å². The molecule has 2 heteroatoms. The molecule has 0 aliphatic heterocycles. The van der Waals surface area contributed by atoms with Gasteiger partial charge in [0.2, 0.25) is 0 Å². The van der Waals surface area contributed by atoms with Crippen LogP contribution in [0.15, 0.2) is 0 Å². The van der Waals surface area contributed by atoms with Gasteiger partial charge in [-0.3, -0.25) is 0 Å². The van der Waals surface area contributed by atoms with Crippen LogP contribution in [0.4, 0.5) is 0 Å². The van der Waals surface area contributed by atoms with E-state index in [0.717, 1.165) is 12.3 Å². The molecule has 2 aliphatic carbocycles. The summed E-state index contributed by atoms with van der Waals surface area (Å²) >= 11 is 0. The minimum Gasteiger partial charge on any atom is -0.373 e.